The third-order valence-corrected chi connectivity index (χ3v) is 5.19. The highest BCUT2D eigenvalue weighted by Gasteiger charge is 2.19. The average Bonchev–Trinajstić information content (AvgIpc) is 3.49. The van der Waals surface area contributed by atoms with Crippen LogP contribution in [0.3, 0.4) is 0 Å². The van der Waals surface area contributed by atoms with Crippen LogP contribution in [0, 0.1) is 0 Å². The molecular formula is C20H18N4O3S. The molecule has 0 aliphatic heterocycles. The predicted octanol–water partition coefficient (Wildman–Crippen LogP) is 4.51. The number of thiazole rings is 1. The summed E-state index contributed by atoms with van der Waals surface area (Å²) in [5, 5.41) is 9.97. The first-order valence-corrected chi connectivity index (χ1v) is 9.75. The number of hydrogen-bond donors (Lipinski definition) is 1. The average molecular weight is 394 g/mol. The van der Waals surface area contributed by atoms with Crippen LogP contribution in [-0.4, -0.2) is 21.0 Å². The van der Waals surface area contributed by atoms with Crippen molar-refractivity contribution in [1.29, 1.82) is 0 Å². The fraction of sp³-hybridized carbons (Fsp3) is 0.200. The zero-order valence-electron chi connectivity index (χ0n) is 15.4. The van der Waals surface area contributed by atoms with E-state index in [1.807, 2.05) is 24.3 Å². The Hall–Kier alpha value is -3.26. The molecule has 1 aromatic carbocycles. The van der Waals surface area contributed by atoms with Gasteiger partial charge >= 0.3 is 0 Å². The lowest BCUT2D eigenvalue weighted by atomic mass is 10.1. The number of benzene rings is 1. The minimum Gasteiger partial charge on any atom is -0.459 e. The van der Waals surface area contributed by atoms with Crippen LogP contribution in [0.2, 0.25) is 0 Å². The summed E-state index contributed by atoms with van der Waals surface area (Å²) in [7, 11) is 0. The van der Waals surface area contributed by atoms with Crippen LogP contribution in [0.1, 0.15) is 41.3 Å². The molecule has 0 aliphatic rings. The van der Waals surface area contributed by atoms with Crippen LogP contribution >= 0.6 is 11.3 Å². The first kappa shape index (κ1) is 18.1. The molecule has 1 amide bonds. The van der Waals surface area contributed by atoms with Crippen molar-refractivity contribution in [2.75, 3.05) is 0 Å². The van der Waals surface area contributed by atoms with Gasteiger partial charge in [0, 0.05) is 16.5 Å². The van der Waals surface area contributed by atoms with Crippen molar-refractivity contribution in [3.63, 3.8) is 0 Å². The Bertz CT molecular complexity index is 1070. The Balaban J connectivity index is 1.47. The summed E-state index contributed by atoms with van der Waals surface area (Å²) in [6.45, 7) is 3.87. The number of carbonyl (C=O) groups excluding carboxylic acids is 1. The SMILES string of the molecule is CCc1nc(-c2ccc(-c3noc([C@@H](C)NC(=O)c4ccco4)n3)cc2)cs1. The molecule has 3 heterocycles. The molecule has 0 spiro atoms. The molecule has 4 rings (SSSR count). The zero-order chi connectivity index (χ0) is 19.5. The zero-order valence-corrected chi connectivity index (χ0v) is 16.2. The van der Waals surface area contributed by atoms with E-state index in [1.165, 1.54) is 6.26 Å². The molecule has 0 aliphatic carbocycles. The highest BCUT2D eigenvalue weighted by molar-refractivity contribution is 7.09. The summed E-state index contributed by atoms with van der Waals surface area (Å²) in [5.41, 5.74) is 2.84. The van der Waals surface area contributed by atoms with E-state index in [9.17, 15) is 4.79 Å². The molecule has 1 N–H and O–H groups in total. The lowest BCUT2D eigenvalue weighted by Crippen LogP contribution is -2.26. The molecular weight excluding hydrogens is 376 g/mol. The number of amides is 1. The second-order valence-corrected chi connectivity index (χ2v) is 7.13. The molecule has 8 heteroatoms. The van der Waals surface area contributed by atoms with Gasteiger partial charge in [0.15, 0.2) is 5.76 Å². The second-order valence-electron chi connectivity index (χ2n) is 6.19. The maximum absolute atomic E-state index is 12.1. The number of nitrogens with zero attached hydrogens (tertiary/aromatic N) is 3. The number of furan rings is 1. The minimum absolute atomic E-state index is 0.232. The molecule has 0 unspecified atom stereocenters. The maximum Gasteiger partial charge on any atom is 0.287 e. The van der Waals surface area contributed by atoms with E-state index in [2.05, 4.69) is 32.7 Å². The van der Waals surface area contributed by atoms with Crippen LogP contribution in [-0.2, 0) is 6.42 Å². The van der Waals surface area contributed by atoms with Crippen LogP contribution in [0.5, 0.6) is 0 Å². The van der Waals surface area contributed by atoms with Gasteiger partial charge in [-0.2, -0.15) is 4.98 Å². The lowest BCUT2D eigenvalue weighted by Gasteiger charge is -2.07. The highest BCUT2D eigenvalue weighted by Crippen LogP contribution is 2.25. The van der Waals surface area contributed by atoms with Gasteiger partial charge in [-0.25, -0.2) is 4.98 Å². The minimum atomic E-state index is -0.444. The number of rotatable bonds is 6. The van der Waals surface area contributed by atoms with Crippen LogP contribution < -0.4 is 5.32 Å². The van der Waals surface area contributed by atoms with E-state index in [1.54, 1.807) is 30.4 Å². The van der Waals surface area contributed by atoms with Gasteiger partial charge in [-0.15, -0.1) is 11.3 Å². The third-order valence-electron chi connectivity index (χ3n) is 4.20. The standard InChI is InChI=1S/C20H18N4O3S/c1-3-17-22-15(11-28-17)13-6-8-14(9-7-13)18-23-20(27-24-18)12(2)21-19(25)16-5-4-10-26-16/h4-12H,3H2,1-2H3,(H,21,25)/t12-/m1/s1. The smallest absolute Gasteiger partial charge is 0.287 e. The molecule has 0 saturated heterocycles. The van der Waals surface area contributed by atoms with Crippen molar-refractivity contribution in [2.24, 2.45) is 0 Å². The van der Waals surface area contributed by atoms with Gasteiger partial charge in [0.05, 0.1) is 17.0 Å². The van der Waals surface area contributed by atoms with Crippen LogP contribution in [0.15, 0.2) is 57.0 Å². The number of aryl methyl sites for hydroxylation is 1. The molecule has 1 atom stereocenters. The van der Waals surface area contributed by atoms with Crippen molar-refractivity contribution in [3.8, 4) is 22.6 Å². The van der Waals surface area contributed by atoms with Gasteiger partial charge in [-0.05, 0) is 25.5 Å². The lowest BCUT2D eigenvalue weighted by molar-refractivity contribution is 0.0904. The van der Waals surface area contributed by atoms with E-state index in [-0.39, 0.29) is 11.7 Å². The Morgan fingerprint density at radius 1 is 1.18 bits per heavy atom. The molecule has 0 saturated carbocycles. The van der Waals surface area contributed by atoms with E-state index in [4.69, 9.17) is 8.94 Å². The van der Waals surface area contributed by atoms with Crippen molar-refractivity contribution < 1.29 is 13.7 Å². The van der Waals surface area contributed by atoms with E-state index in [0.29, 0.717) is 11.7 Å². The van der Waals surface area contributed by atoms with E-state index < -0.39 is 6.04 Å². The van der Waals surface area contributed by atoms with Gasteiger partial charge in [-0.3, -0.25) is 4.79 Å². The first-order valence-electron chi connectivity index (χ1n) is 8.87. The summed E-state index contributed by atoms with van der Waals surface area (Å²) >= 11 is 1.66. The van der Waals surface area contributed by atoms with Crippen molar-refractivity contribution in [2.45, 2.75) is 26.3 Å². The van der Waals surface area contributed by atoms with E-state index >= 15 is 0 Å². The first-order chi connectivity index (χ1) is 13.6. The quantitative estimate of drug-likeness (QED) is 0.517. The normalized spacial score (nSPS) is 12.1. The van der Waals surface area contributed by atoms with Crippen molar-refractivity contribution in [3.05, 3.63) is 64.7 Å². The fourth-order valence-electron chi connectivity index (χ4n) is 2.66. The number of aromatic nitrogens is 3. The topological polar surface area (TPSA) is 94.1 Å². The number of hydrogen-bond acceptors (Lipinski definition) is 7. The fourth-order valence-corrected chi connectivity index (χ4v) is 3.42. The van der Waals surface area contributed by atoms with Gasteiger partial charge < -0.3 is 14.3 Å². The summed E-state index contributed by atoms with van der Waals surface area (Å²) in [5.74, 6) is 0.686. The molecule has 142 valence electrons. The monoisotopic (exact) mass is 394 g/mol. The molecule has 0 bridgehead atoms. The second kappa shape index (κ2) is 7.77. The molecule has 0 radical (unpaired) electrons. The predicted molar refractivity (Wildman–Crippen MR) is 105 cm³/mol. The summed E-state index contributed by atoms with van der Waals surface area (Å²) in [6.07, 6.45) is 2.38. The largest absolute Gasteiger partial charge is 0.459 e. The molecule has 3 aromatic heterocycles. The third kappa shape index (κ3) is 3.72. The Labute approximate surface area is 165 Å². The Morgan fingerprint density at radius 2 is 1.96 bits per heavy atom. The van der Waals surface area contributed by atoms with Crippen LogP contribution in [0.25, 0.3) is 22.6 Å². The molecule has 28 heavy (non-hydrogen) atoms. The number of carbonyl (C=O) groups is 1. The maximum atomic E-state index is 12.1. The summed E-state index contributed by atoms with van der Waals surface area (Å²) < 4.78 is 10.4. The Morgan fingerprint density at radius 3 is 2.64 bits per heavy atom. The van der Waals surface area contributed by atoms with Gasteiger partial charge in [0.1, 0.15) is 6.04 Å². The van der Waals surface area contributed by atoms with E-state index in [0.717, 1.165) is 28.2 Å². The molecule has 0 fully saturated rings. The van der Waals surface area contributed by atoms with Crippen molar-refractivity contribution in [1.82, 2.24) is 20.4 Å². The molecule has 7 nitrogen and oxygen atoms in total. The van der Waals surface area contributed by atoms with Gasteiger partial charge in [0.2, 0.25) is 11.7 Å². The number of nitrogens with one attached hydrogen (secondary N) is 1. The van der Waals surface area contributed by atoms with Gasteiger partial charge in [-0.1, -0.05) is 36.3 Å². The van der Waals surface area contributed by atoms with Crippen LogP contribution in [0.4, 0.5) is 0 Å². The summed E-state index contributed by atoms with van der Waals surface area (Å²) in [6, 6.07) is 10.6. The van der Waals surface area contributed by atoms with Gasteiger partial charge in [0.25, 0.3) is 5.91 Å². The molecule has 4 aromatic rings. The summed E-state index contributed by atoms with van der Waals surface area (Å²) in [4.78, 5) is 21.1. The van der Waals surface area contributed by atoms with Crippen molar-refractivity contribution >= 4 is 17.2 Å². The highest BCUT2D eigenvalue weighted by atomic mass is 32.1. The Kier molecular flexibility index (Phi) is 5.03.